The van der Waals surface area contributed by atoms with Gasteiger partial charge in [0.05, 0.1) is 16.8 Å². The molecule has 0 radical (unpaired) electrons. The van der Waals surface area contributed by atoms with Gasteiger partial charge in [0.25, 0.3) is 0 Å². The number of carbonyl (C=O) groups is 1. The first-order valence-corrected chi connectivity index (χ1v) is 7.69. The van der Waals surface area contributed by atoms with Gasteiger partial charge in [0.15, 0.2) is 5.78 Å². The predicted octanol–water partition coefficient (Wildman–Crippen LogP) is 4.63. The number of hydrogen-bond acceptors (Lipinski definition) is 2. The van der Waals surface area contributed by atoms with Crippen molar-refractivity contribution in [2.75, 3.05) is 0 Å². The third-order valence-electron chi connectivity index (χ3n) is 4.51. The quantitative estimate of drug-likeness (QED) is 0.511. The van der Waals surface area contributed by atoms with Gasteiger partial charge >= 0.3 is 0 Å². The molecule has 0 unspecified atom stereocenters. The average Bonchev–Trinajstić information content (AvgIpc) is 2.80. The van der Waals surface area contributed by atoms with E-state index in [4.69, 9.17) is 4.98 Å². The Labute approximate surface area is 129 Å². The standard InChI is InChI=1S/C20H17NO/c1-4-15-19-18(13-7-5-6-8-14(13)20(19)22)17-12(3)9-11(2)10-16(17)21-15/h5-10H,4H2,1-3H3. The van der Waals surface area contributed by atoms with E-state index in [0.717, 1.165) is 45.3 Å². The van der Waals surface area contributed by atoms with Crippen LogP contribution in [-0.4, -0.2) is 10.8 Å². The summed E-state index contributed by atoms with van der Waals surface area (Å²) < 4.78 is 0. The van der Waals surface area contributed by atoms with Gasteiger partial charge in [0.1, 0.15) is 0 Å². The normalized spacial score (nSPS) is 12.6. The van der Waals surface area contributed by atoms with Gasteiger partial charge in [-0.3, -0.25) is 9.78 Å². The van der Waals surface area contributed by atoms with Gasteiger partial charge in [-0.2, -0.15) is 0 Å². The molecule has 22 heavy (non-hydrogen) atoms. The second-order valence-electron chi connectivity index (χ2n) is 6.01. The number of rotatable bonds is 1. The van der Waals surface area contributed by atoms with Crippen LogP contribution in [0.4, 0.5) is 0 Å². The molecular weight excluding hydrogens is 270 g/mol. The monoisotopic (exact) mass is 287 g/mol. The number of ketones is 1. The topological polar surface area (TPSA) is 30.0 Å². The van der Waals surface area contributed by atoms with Gasteiger partial charge in [-0.25, -0.2) is 0 Å². The van der Waals surface area contributed by atoms with Gasteiger partial charge in [-0.15, -0.1) is 0 Å². The van der Waals surface area contributed by atoms with E-state index in [0.29, 0.717) is 0 Å². The molecule has 108 valence electrons. The summed E-state index contributed by atoms with van der Waals surface area (Å²) >= 11 is 0. The first kappa shape index (κ1) is 13.2. The molecule has 0 fully saturated rings. The number of benzene rings is 2. The van der Waals surface area contributed by atoms with Gasteiger partial charge < -0.3 is 0 Å². The SMILES string of the molecule is CCc1nc2cc(C)cc(C)c2c2c1C(=O)c1ccccc1-2. The summed E-state index contributed by atoms with van der Waals surface area (Å²) in [4.78, 5) is 17.6. The van der Waals surface area contributed by atoms with Crippen molar-refractivity contribution in [2.24, 2.45) is 0 Å². The van der Waals surface area contributed by atoms with Crippen molar-refractivity contribution >= 4 is 16.7 Å². The summed E-state index contributed by atoms with van der Waals surface area (Å²) in [5.74, 6) is 0.122. The Morgan fingerprint density at radius 1 is 1.00 bits per heavy atom. The Balaban J connectivity index is 2.26. The minimum atomic E-state index is 0.122. The van der Waals surface area contributed by atoms with Crippen LogP contribution in [0.1, 0.15) is 39.7 Å². The number of pyridine rings is 1. The number of carbonyl (C=O) groups excluding carboxylic acids is 1. The van der Waals surface area contributed by atoms with E-state index in [-0.39, 0.29) is 5.78 Å². The zero-order valence-electron chi connectivity index (χ0n) is 13.0. The molecule has 1 aromatic heterocycles. The smallest absolute Gasteiger partial charge is 0.196 e. The average molecular weight is 287 g/mol. The van der Waals surface area contributed by atoms with E-state index >= 15 is 0 Å². The lowest BCUT2D eigenvalue weighted by Crippen LogP contribution is -2.04. The van der Waals surface area contributed by atoms with E-state index in [2.05, 4.69) is 39.0 Å². The van der Waals surface area contributed by atoms with Crippen molar-refractivity contribution in [3.8, 4) is 11.1 Å². The maximum atomic E-state index is 12.8. The lowest BCUT2D eigenvalue weighted by molar-refractivity contribution is 0.104. The van der Waals surface area contributed by atoms with E-state index in [1.54, 1.807) is 0 Å². The molecule has 2 aromatic carbocycles. The molecule has 0 amide bonds. The largest absolute Gasteiger partial charge is 0.288 e. The highest BCUT2D eigenvalue weighted by molar-refractivity contribution is 6.26. The van der Waals surface area contributed by atoms with Crippen LogP contribution in [0.3, 0.4) is 0 Å². The van der Waals surface area contributed by atoms with Crippen LogP contribution in [-0.2, 0) is 6.42 Å². The van der Waals surface area contributed by atoms with Crippen molar-refractivity contribution in [3.05, 3.63) is 64.3 Å². The van der Waals surface area contributed by atoms with Crippen LogP contribution in [0.2, 0.25) is 0 Å². The van der Waals surface area contributed by atoms with E-state index in [9.17, 15) is 4.79 Å². The fourth-order valence-electron chi connectivity index (χ4n) is 3.63. The Kier molecular flexibility index (Phi) is 2.70. The third kappa shape index (κ3) is 1.61. The fraction of sp³-hybridized carbons (Fsp3) is 0.200. The van der Waals surface area contributed by atoms with Gasteiger partial charge in [-0.05, 0) is 43.0 Å². The first-order valence-electron chi connectivity index (χ1n) is 7.69. The van der Waals surface area contributed by atoms with Crippen LogP contribution in [0.25, 0.3) is 22.0 Å². The number of fused-ring (bicyclic) bond motifs is 5. The maximum Gasteiger partial charge on any atom is 0.196 e. The number of aryl methyl sites for hydroxylation is 3. The number of hydrogen-bond donors (Lipinski definition) is 0. The van der Waals surface area contributed by atoms with Gasteiger partial charge in [0.2, 0.25) is 0 Å². The van der Waals surface area contributed by atoms with Crippen molar-refractivity contribution < 1.29 is 4.79 Å². The molecule has 4 rings (SSSR count). The zero-order chi connectivity index (χ0) is 15.4. The first-order chi connectivity index (χ1) is 10.6. The molecule has 3 aromatic rings. The number of nitrogens with zero attached hydrogens (tertiary/aromatic N) is 1. The lowest BCUT2D eigenvalue weighted by Gasteiger charge is -2.13. The summed E-state index contributed by atoms with van der Waals surface area (Å²) in [6.45, 7) is 6.26. The molecule has 0 aliphatic heterocycles. The summed E-state index contributed by atoms with van der Waals surface area (Å²) in [6, 6.07) is 12.2. The molecule has 0 atom stereocenters. The fourth-order valence-corrected chi connectivity index (χ4v) is 3.63. The Morgan fingerprint density at radius 3 is 2.45 bits per heavy atom. The molecule has 0 N–H and O–H groups in total. The van der Waals surface area contributed by atoms with E-state index in [1.807, 2.05) is 18.2 Å². The molecule has 1 aliphatic rings. The van der Waals surface area contributed by atoms with Crippen LogP contribution < -0.4 is 0 Å². The maximum absolute atomic E-state index is 12.8. The number of aromatic nitrogens is 1. The Morgan fingerprint density at radius 2 is 1.73 bits per heavy atom. The van der Waals surface area contributed by atoms with Gasteiger partial charge in [0, 0.05) is 16.5 Å². The second-order valence-corrected chi connectivity index (χ2v) is 6.01. The molecule has 0 saturated heterocycles. The summed E-state index contributed by atoms with van der Waals surface area (Å²) in [6.07, 6.45) is 0.769. The highest BCUT2D eigenvalue weighted by Gasteiger charge is 2.31. The lowest BCUT2D eigenvalue weighted by atomic mass is 9.94. The zero-order valence-corrected chi connectivity index (χ0v) is 13.0. The van der Waals surface area contributed by atoms with E-state index in [1.165, 1.54) is 11.1 Å². The molecular formula is C20H17NO. The highest BCUT2D eigenvalue weighted by atomic mass is 16.1. The second kappa shape index (κ2) is 4.51. The molecule has 0 spiro atoms. The Hall–Kier alpha value is -2.48. The molecule has 1 aliphatic carbocycles. The summed E-state index contributed by atoms with van der Waals surface area (Å²) in [5.41, 5.74) is 8.05. The predicted molar refractivity (Wildman–Crippen MR) is 89.5 cm³/mol. The molecule has 0 bridgehead atoms. The minimum absolute atomic E-state index is 0.122. The van der Waals surface area contributed by atoms with Crippen LogP contribution in [0.15, 0.2) is 36.4 Å². The third-order valence-corrected chi connectivity index (χ3v) is 4.51. The molecule has 2 nitrogen and oxygen atoms in total. The van der Waals surface area contributed by atoms with Crippen LogP contribution in [0, 0.1) is 13.8 Å². The van der Waals surface area contributed by atoms with Crippen LogP contribution >= 0.6 is 0 Å². The van der Waals surface area contributed by atoms with Crippen molar-refractivity contribution in [1.29, 1.82) is 0 Å². The Bertz CT molecular complexity index is 954. The van der Waals surface area contributed by atoms with Crippen molar-refractivity contribution in [2.45, 2.75) is 27.2 Å². The molecule has 1 heterocycles. The van der Waals surface area contributed by atoms with Crippen molar-refractivity contribution in [3.63, 3.8) is 0 Å². The molecule has 0 saturated carbocycles. The molecule has 2 heteroatoms. The summed E-state index contributed by atoms with van der Waals surface area (Å²) in [5, 5.41) is 1.12. The van der Waals surface area contributed by atoms with Crippen molar-refractivity contribution in [1.82, 2.24) is 4.98 Å². The minimum Gasteiger partial charge on any atom is -0.288 e. The highest BCUT2D eigenvalue weighted by Crippen LogP contribution is 2.43. The summed E-state index contributed by atoms with van der Waals surface area (Å²) in [7, 11) is 0. The van der Waals surface area contributed by atoms with Crippen LogP contribution in [0.5, 0.6) is 0 Å². The van der Waals surface area contributed by atoms with E-state index < -0.39 is 0 Å². The van der Waals surface area contributed by atoms with Gasteiger partial charge in [-0.1, -0.05) is 37.3 Å².